The molecular weight excluding hydrogens is 639 g/mol. The minimum atomic E-state index is 0. The first-order chi connectivity index (χ1) is 18.2. The molecule has 0 saturated heterocycles. The molecule has 1 nitrogen and oxygen atoms in total. The normalized spacial score (nSPS) is 13.2. The summed E-state index contributed by atoms with van der Waals surface area (Å²) in [5, 5.41) is 4.90. The standard InChI is InChI=1S/C36H28N.Ir/c1-3-36(4-2)33-12-8-7-11-30(33)31-19-18-27(23-34(31)36)24-13-15-26(16-14-24)35-32-20-17-25-9-5-6-10-28(25)29(32)21-22-37-35;/h5-15,17-23H,3-4H2,1-2H3;/q-1;. The molecule has 0 N–H and O–H groups in total. The Labute approximate surface area is 237 Å². The summed E-state index contributed by atoms with van der Waals surface area (Å²) < 4.78 is 0. The fraction of sp³-hybridized carbons (Fsp3) is 0.139. The van der Waals surface area contributed by atoms with Crippen LogP contribution in [0.2, 0.25) is 0 Å². The maximum Gasteiger partial charge on any atom is 0.0209 e. The molecule has 0 fully saturated rings. The van der Waals surface area contributed by atoms with Crippen molar-refractivity contribution < 1.29 is 20.1 Å². The molecule has 7 rings (SSSR count). The van der Waals surface area contributed by atoms with E-state index in [1.54, 1.807) is 0 Å². The predicted octanol–water partition coefficient (Wildman–Crippen LogP) is 9.61. The van der Waals surface area contributed by atoms with E-state index in [9.17, 15) is 0 Å². The number of nitrogens with zero attached hydrogens (tertiary/aromatic N) is 1. The molecular formula is C36H28IrN-. The minimum absolute atomic E-state index is 0. The van der Waals surface area contributed by atoms with Crippen molar-refractivity contribution in [2.75, 3.05) is 0 Å². The van der Waals surface area contributed by atoms with Gasteiger partial charge in [0.1, 0.15) is 0 Å². The van der Waals surface area contributed by atoms with Crippen molar-refractivity contribution in [3.05, 3.63) is 127 Å². The average molecular weight is 667 g/mol. The van der Waals surface area contributed by atoms with Crippen molar-refractivity contribution in [2.24, 2.45) is 0 Å². The summed E-state index contributed by atoms with van der Waals surface area (Å²) in [6.07, 6.45) is 4.12. The number of hydrogen-bond acceptors (Lipinski definition) is 1. The van der Waals surface area contributed by atoms with E-state index in [-0.39, 0.29) is 25.5 Å². The van der Waals surface area contributed by atoms with Crippen LogP contribution in [0.1, 0.15) is 37.8 Å². The zero-order valence-corrected chi connectivity index (χ0v) is 24.0. The number of aromatic nitrogens is 1. The largest absolute Gasteiger partial charge is 0.304 e. The zero-order chi connectivity index (χ0) is 25.0. The molecule has 2 heteroatoms. The van der Waals surface area contributed by atoms with E-state index in [0.29, 0.717) is 0 Å². The van der Waals surface area contributed by atoms with E-state index >= 15 is 0 Å². The van der Waals surface area contributed by atoms with Crippen LogP contribution in [0.3, 0.4) is 0 Å². The fourth-order valence-electron chi connectivity index (χ4n) is 6.55. The summed E-state index contributed by atoms with van der Waals surface area (Å²) in [5.74, 6) is 0. The summed E-state index contributed by atoms with van der Waals surface area (Å²) in [7, 11) is 0. The second-order valence-electron chi connectivity index (χ2n) is 10.1. The van der Waals surface area contributed by atoms with Crippen LogP contribution >= 0.6 is 0 Å². The van der Waals surface area contributed by atoms with Gasteiger partial charge < -0.3 is 4.98 Å². The van der Waals surface area contributed by atoms with Gasteiger partial charge in [-0.25, -0.2) is 0 Å². The van der Waals surface area contributed by atoms with Crippen LogP contribution in [0.4, 0.5) is 0 Å². The van der Waals surface area contributed by atoms with Crippen molar-refractivity contribution in [1.29, 1.82) is 0 Å². The van der Waals surface area contributed by atoms with Gasteiger partial charge in [0, 0.05) is 31.7 Å². The molecule has 0 unspecified atom stereocenters. The predicted molar refractivity (Wildman–Crippen MR) is 156 cm³/mol. The molecule has 1 aromatic heterocycles. The molecule has 5 aromatic carbocycles. The van der Waals surface area contributed by atoms with Crippen molar-refractivity contribution in [1.82, 2.24) is 4.98 Å². The van der Waals surface area contributed by atoms with E-state index in [1.807, 2.05) is 6.20 Å². The van der Waals surface area contributed by atoms with E-state index in [2.05, 4.69) is 123 Å². The first-order valence-corrected chi connectivity index (χ1v) is 13.3. The molecule has 0 amide bonds. The van der Waals surface area contributed by atoms with Crippen molar-refractivity contribution >= 4 is 21.5 Å². The Hall–Kier alpha value is -3.58. The summed E-state index contributed by atoms with van der Waals surface area (Å²) >= 11 is 0. The van der Waals surface area contributed by atoms with Gasteiger partial charge in [0.25, 0.3) is 0 Å². The number of benzene rings is 5. The Morgan fingerprint density at radius 1 is 0.658 bits per heavy atom. The number of rotatable bonds is 4. The van der Waals surface area contributed by atoms with Crippen LogP contribution in [-0.4, -0.2) is 4.98 Å². The second-order valence-corrected chi connectivity index (χ2v) is 10.1. The van der Waals surface area contributed by atoms with Crippen LogP contribution in [0.5, 0.6) is 0 Å². The topological polar surface area (TPSA) is 12.9 Å². The smallest absolute Gasteiger partial charge is 0.0209 e. The monoisotopic (exact) mass is 667 g/mol. The van der Waals surface area contributed by atoms with Crippen LogP contribution in [0.25, 0.3) is 55.1 Å². The maximum atomic E-state index is 4.77. The first-order valence-electron chi connectivity index (χ1n) is 13.3. The summed E-state index contributed by atoms with van der Waals surface area (Å²) in [6, 6.07) is 41.1. The molecule has 0 spiro atoms. The molecule has 0 aliphatic heterocycles. The fourth-order valence-corrected chi connectivity index (χ4v) is 6.55. The van der Waals surface area contributed by atoms with Gasteiger partial charge in [0.05, 0.1) is 0 Å². The van der Waals surface area contributed by atoms with E-state index in [4.69, 9.17) is 4.98 Å². The zero-order valence-electron chi connectivity index (χ0n) is 21.6. The van der Waals surface area contributed by atoms with Gasteiger partial charge in [0.2, 0.25) is 0 Å². The van der Waals surface area contributed by atoms with Crippen molar-refractivity contribution in [2.45, 2.75) is 32.1 Å². The molecule has 1 heterocycles. The third-order valence-electron chi connectivity index (χ3n) is 8.55. The first kappa shape index (κ1) is 24.7. The van der Waals surface area contributed by atoms with E-state index < -0.39 is 0 Å². The molecule has 1 aliphatic rings. The molecule has 0 atom stereocenters. The quantitative estimate of drug-likeness (QED) is 0.135. The Balaban J connectivity index is 0.00000264. The molecule has 1 aliphatic carbocycles. The van der Waals surface area contributed by atoms with E-state index in [0.717, 1.165) is 29.5 Å². The molecule has 0 saturated carbocycles. The van der Waals surface area contributed by atoms with Crippen LogP contribution in [-0.2, 0) is 25.5 Å². The van der Waals surface area contributed by atoms with Gasteiger partial charge in [0.15, 0.2) is 0 Å². The molecule has 1 radical (unpaired) electrons. The van der Waals surface area contributed by atoms with Crippen LogP contribution in [0, 0.1) is 6.07 Å². The Kier molecular flexibility index (Phi) is 6.26. The van der Waals surface area contributed by atoms with E-state index in [1.165, 1.54) is 49.5 Å². The minimum Gasteiger partial charge on any atom is -0.304 e. The third-order valence-corrected chi connectivity index (χ3v) is 8.55. The average Bonchev–Trinajstić information content (AvgIpc) is 3.26. The van der Waals surface area contributed by atoms with Gasteiger partial charge in [-0.15, -0.1) is 29.8 Å². The number of fused-ring (bicyclic) bond motifs is 6. The Morgan fingerprint density at radius 2 is 1.42 bits per heavy atom. The summed E-state index contributed by atoms with van der Waals surface area (Å²) in [4.78, 5) is 4.77. The number of pyridine rings is 1. The molecule has 0 bridgehead atoms. The van der Waals surface area contributed by atoms with Crippen molar-refractivity contribution in [3.63, 3.8) is 0 Å². The summed E-state index contributed by atoms with van der Waals surface area (Å²) in [5.41, 5.74) is 10.2. The maximum absolute atomic E-state index is 4.77. The number of hydrogen-bond donors (Lipinski definition) is 0. The van der Waals surface area contributed by atoms with Crippen LogP contribution in [0.15, 0.2) is 109 Å². The van der Waals surface area contributed by atoms with Gasteiger partial charge in [-0.3, -0.25) is 0 Å². The van der Waals surface area contributed by atoms with Gasteiger partial charge in [-0.05, 0) is 68.4 Å². The molecule has 38 heavy (non-hydrogen) atoms. The van der Waals surface area contributed by atoms with Gasteiger partial charge in [-0.1, -0.05) is 104 Å². The molecule has 187 valence electrons. The summed E-state index contributed by atoms with van der Waals surface area (Å²) in [6.45, 7) is 4.65. The Morgan fingerprint density at radius 3 is 2.24 bits per heavy atom. The third kappa shape index (κ3) is 3.59. The molecule has 6 aromatic rings. The SMILES string of the molecule is CCC1(CC)c2ccccc2-c2ccc(-c3c[c-]c(-c4nccc5c4ccc4ccccc45)cc3)cc21.[Ir]. The van der Waals surface area contributed by atoms with Gasteiger partial charge in [-0.2, -0.15) is 0 Å². The van der Waals surface area contributed by atoms with Crippen molar-refractivity contribution in [3.8, 4) is 33.5 Å². The van der Waals surface area contributed by atoms with Gasteiger partial charge >= 0.3 is 0 Å². The Bertz CT molecular complexity index is 1800. The van der Waals surface area contributed by atoms with Crippen LogP contribution < -0.4 is 0 Å². The second kappa shape index (κ2) is 9.62.